The zero-order chi connectivity index (χ0) is 16.7. The van der Waals surface area contributed by atoms with Crippen molar-refractivity contribution in [2.45, 2.75) is 17.4 Å². The Labute approximate surface area is 140 Å². The molecule has 1 aliphatic heterocycles. The van der Waals surface area contributed by atoms with Gasteiger partial charge in [-0.1, -0.05) is 0 Å². The van der Waals surface area contributed by atoms with Gasteiger partial charge in [0, 0.05) is 43.4 Å². The summed E-state index contributed by atoms with van der Waals surface area (Å²) in [5.74, 6) is -1.21. The number of nitrogens with one attached hydrogen (secondary N) is 2. The maximum absolute atomic E-state index is 12.0. The summed E-state index contributed by atoms with van der Waals surface area (Å²) in [5.41, 5.74) is 0.621. The zero-order valence-electron chi connectivity index (χ0n) is 13.5. The Hall–Kier alpha value is -1.57. The van der Waals surface area contributed by atoms with Crippen LogP contribution in [0.15, 0.2) is 29.2 Å². The van der Waals surface area contributed by atoms with E-state index in [4.69, 9.17) is 4.74 Å². The van der Waals surface area contributed by atoms with Crippen molar-refractivity contribution in [3.8, 4) is 0 Å². The number of rotatable bonds is 6. The van der Waals surface area contributed by atoms with Gasteiger partial charge in [-0.15, -0.1) is 11.8 Å². The number of methoxy groups -OCH3 is 1. The van der Waals surface area contributed by atoms with Gasteiger partial charge in [-0.3, -0.25) is 14.5 Å². The van der Waals surface area contributed by atoms with Crippen LogP contribution in [0.2, 0.25) is 0 Å². The van der Waals surface area contributed by atoms with Crippen LogP contribution >= 0.6 is 11.8 Å². The number of thioether (sulfide) groups is 1. The molecular formula is C16H23N3O3S. The van der Waals surface area contributed by atoms with Crippen LogP contribution in [0.5, 0.6) is 0 Å². The molecule has 0 aliphatic carbocycles. The highest BCUT2D eigenvalue weighted by Gasteiger charge is 2.25. The number of likely N-dealkylation sites (tertiary alicyclic amines) is 1. The van der Waals surface area contributed by atoms with E-state index in [1.165, 1.54) is 0 Å². The second-order valence-electron chi connectivity index (χ2n) is 5.44. The summed E-state index contributed by atoms with van der Waals surface area (Å²) in [5, 5.41) is 5.41. The Bertz CT molecular complexity index is 536. The second kappa shape index (κ2) is 8.90. The van der Waals surface area contributed by atoms with Crippen LogP contribution in [0.1, 0.15) is 6.42 Å². The largest absolute Gasteiger partial charge is 0.383 e. The molecule has 0 aromatic heterocycles. The molecule has 6 nitrogen and oxygen atoms in total. The molecule has 1 aromatic rings. The van der Waals surface area contributed by atoms with E-state index in [2.05, 4.69) is 15.5 Å². The quantitative estimate of drug-likeness (QED) is 0.603. The van der Waals surface area contributed by atoms with Crippen LogP contribution in [0.3, 0.4) is 0 Å². The second-order valence-corrected chi connectivity index (χ2v) is 6.31. The molecule has 2 N–H and O–H groups in total. The molecular weight excluding hydrogens is 314 g/mol. The van der Waals surface area contributed by atoms with Crippen LogP contribution in [0.4, 0.5) is 5.69 Å². The predicted octanol–water partition coefficient (Wildman–Crippen LogP) is 1.18. The van der Waals surface area contributed by atoms with Crippen molar-refractivity contribution in [2.75, 3.05) is 44.9 Å². The number of hydrogen-bond acceptors (Lipinski definition) is 5. The monoisotopic (exact) mass is 337 g/mol. The molecule has 1 heterocycles. The Morgan fingerprint density at radius 2 is 2.04 bits per heavy atom. The molecule has 1 fully saturated rings. The molecule has 0 radical (unpaired) electrons. The molecule has 0 spiro atoms. The predicted molar refractivity (Wildman–Crippen MR) is 91.7 cm³/mol. The molecule has 0 saturated carbocycles. The number of hydrogen-bond donors (Lipinski definition) is 2. The number of anilines is 1. The van der Waals surface area contributed by atoms with Crippen LogP contribution in [-0.4, -0.2) is 62.4 Å². The van der Waals surface area contributed by atoms with E-state index in [9.17, 15) is 9.59 Å². The summed E-state index contributed by atoms with van der Waals surface area (Å²) >= 11 is 1.62. The van der Waals surface area contributed by atoms with E-state index in [-0.39, 0.29) is 6.04 Å². The smallest absolute Gasteiger partial charge is 0.313 e. The van der Waals surface area contributed by atoms with Crippen molar-refractivity contribution in [1.82, 2.24) is 10.2 Å². The molecule has 1 saturated heterocycles. The van der Waals surface area contributed by atoms with Gasteiger partial charge in [-0.2, -0.15) is 0 Å². The van der Waals surface area contributed by atoms with Gasteiger partial charge in [-0.25, -0.2) is 0 Å². The van der Waals surface area contributed by atoms with E-state index in [1.807, 2.05) is 18.4 Å². The van der Waals surface area contributed by atoms with Crippen molar-refractivity contribution in [1.29, 1.82) is 0 Å². The molecule has 1 aromatic carbocycles. The van der Waals surface area contributed by atoms with Gasteiger partial charge < -0.3 is 15.4 Å². The van der Waals surface area contributed by atoms with Gasteiger partial charge in [0.15, 0.2) is 0 Å². The first-order chi connectivity index (χ1) is 11.1. The van der Waals surface area contributed by atoms with Crippen molar-refractivity contribution in [3.63, 3.8) is 0 Å². The molecule has 2 amide bonds. The van der Waals surface area contributed by atoms with Gasteiger partial charge in [0.2, 0.25) is 0 Å². The maximum Gasteiger partial charge on any atom is 0.313 e. The van der Waals surface area contributed by atoms with Crippen LogP contribution < -0.4 is 10.6 Å². The average Bonchev–Trinajstić information content (AvgIpc) is 3.01. The SMILES string of the molecule is COCCN1CC[C@@H](NC(=O)C(=O)Nc2ccc(SC)cc2)C1. The zero-order valence-corrected chi connectivity index (χ0v) is 14.3. The fraction of sp³-hybridized carbons (Fsp3) is 0.500. The van der Waals surface area contributed by atoms with Gasteiger partial charge in [0.05, 0.1) is 6.61 Å². The minimum absolute atomic E-state index is 0.0176. The number of benzene rings is 1. The van der Waals surface area contributed by atoms with E-state index in [1.54, 1.807) is 31.0 Å². The number of carbonyl (C=O) groups excluding carboxylic acids is 2. The molecule has 7 heteroatoms. The highest BCUT2D eigenvalue weighted by atomic mass is 32.2. The fourth-order valence-corrected chi connectivity index (χ4v) is 2.90. The van der Waals surface area contributed by atoms with Gasteiger partial charge in [-0.05, 0) is 36.9 Å². The number of ether oxygens (including phenoxy) is 1. The first-order valence-electron chi connectivity index (χ1n) is 7.59. The summed E-state index contributed by atoms with van der Waals surface area (Å²) in [4.78, 5) is 27.2. The maximum atomic E-state index is 12.0. The highest BCUT2D eigenvalue weighted by molar-refractivity contribution is 7.98. The summed E-state index contributed by atoms with van der Waals surface area (Å²) in [6.07, 6.45) is 2.84. The van der Waals surface area contributed by atoms with Crippen LogP contribution in [-0.2, 0) is 14.3 Å². The Balaban J connectivity index is 1.77. The Kier molecular flexibility index (Phi) is 6.88. The van der Waals surface area contributed by atoms with E-state index in [0.717, 1.165) is 31.0 Å². The number of carbonyl (C=O) groups is 2. The third-order valence-corrected chi connectivity index (χ3v) is 4.52. The number of nitrogens with zero attached hydrogens (tertiary/aromatic N) is 1. The lowest BCUT2D eigenvalue weighted by Gasteiger charge is -2.16. The first kappa shape index (κ1) is 17.8. The van der Waals surface area contributed by atoms with E-state index >= 15 is 0 Å². The summed E-state index contributed by atoms with van der Waals surface area (Å²) < 4.78 is 5.05. The van der Waals surface area contributed by atoms with E-state index < -0.39 is 11.8 Å². The lowest BCUT2D eigenvalue weighted by molar-refractivity contribution is -0.136. The molecule has 0 bridgehead atoms. The minimum atomic E-state index is -0.628. The van der Waals surface area contributed by atoms with Gasteiger partial charge in [0.25, 0.3) is 0 Å². The Morgan fingerprint density at radius 1 is 1.30 bits per heavy atom. The molecule has 23 heavy (non-hydrogen) atoms. The third-order valence-electron chi connectivity index (χ3n) is 3.77. The molecule has 1 aliphatic rings. The third kappa shape index (κ3) is 5.53. The van der Waals surface area contributed by atoms with E-state index in [0.29, 0.717) is 12.3 Å². The summed E-state index contributed by atoms with van der Waals surface area (Å²) in [7, 11) is 1.67. The standard InChI is InChI=1S/C16H23N3O3S/c1-22-10-9-19-8-7-13(11-19)18-16(21)15(20)17-12-3-5-14(23-2)6-4-12/h3-6,13H,7-11H2,1-2H3,(H,17,20)(H,18,21)/t13-/m1/s1. The summed E-state index contributed by atoms with van der Waals surface area (Å²) in [6.45, 7) is 3.18. The van der Waals surface area contributed by atoms with Gasteiger partial charge >= 0.3 is 11.8 Å². The van der Waals surface area contributed by atoms with Crippen LogP contribution in [0, 0.1) is 0 Å². The van der Waals surface area contributed by atoms with Crippen molar-refractivity contribution in [3.05, 3.63) is 24.3 Å². The van der Waals surface area contributed by atoms with Crippen molar-refractivity contribution < 1.29 is 14.3 Å². The minimum Gasteiger partial charge on any atom is -0.383 e. The average molecular weight is 337 g/mol. The molecule has 0 unspecified atom stereocenters. The lowest BCUT2D eigenvalue weighted by Crippen LogP contribution is -2.43. The van der Waals surface area contributed by atoms with Gasteiger partial charge in [0.1, 0.15) is 0 Å². The normalized spacial score (nSPS) is 17.9. The molecule has 126 valence electrons. The molecule has 2 rings (SSSR count). The number of amides is 2. The first-order valence-corrected chi connectivity index (χ1v) is 8.82. The van der Waals surface area contributed by atoms with Crippen LogP contribution in [0.25, 0.3) is 0 Å². The lowest BCUT2D eigenvalue weighted by atomic mass is 10.2. The topological polar surface area (TPSA) is 70.7 Å². The molecule has 1 atom stereocenters. The summed E-state index contributed by atoms with van der Waals surface area (Å²) in [6, 6.07) is 7.41. The van der Waals surface area contributed by atoms with Crippen molar-refractivity contribution >= 4 is 29.3 Å². The Morgan fingerprint density at radius 3 is 2.70 bits per heavy atom. The van der Waals surface area contributed by atoms with Crippen molar-refractivity contribution in [2.24, 2.45) is 0 Å². The highest BCUT2D eigenvalue weighted by Crippen LogP contribution is 2.17. The fourth-order valence-electron chi connectivity index (χ4n) is 2.49.